The van der Waals surface area contributed by atoms with Crippen molar-refractivity contribution < 1.29 is 27.5 Å². The average Bonchev–Trinajstić information content (AvgIpc) is 2.97. The monoisotopic (exact) mass is 576 g/mol. The zero-order valence-electron chi connectivity index (χ0n) is 21.6. The number of nitrogens with zero attached hydrogens (tertiary/aromatic N) is 5. The average molecular weight is 577 g/mol. The normalized spacial score (nSPS) is 13.6. The molecule has 2 aromatic carbocycles. The van der Waals surface area contributed by atoms with E-state index in [9.17, 15) is 27.5 Å². The van der Waals surface area contributed by atoms with Crippen molar-refractivity contribution in [2.75, 3.05) is 31.1 Å². The molecule has 0 spiro atoms. The topological polar surface area (TPSA) is 146 Å². The van der Waals surface area contributed by atoms with E-state index in [1.807, 2.05) is 9.62 Å². The van der Waals surface area contributed by atoms with Crippen molar-refractivity contribution in [3.8, 4) is 16.9 Å². The Balaban J connectivity index is 1.17. The largest absolute Gasteiger partial charge is 0.506 e. The number of sulfonamides is 1. The number of anilines is 1. The second-order valence-corrected chi connectivity index (χ2v) is 11.1. The van der Waals surface area contributed by atoms with E-state index in [0.717, 1.165) is 0 Å². The number of nitrogens with one attached hydrogen (secondary N) is 1. The van der Waals surface area contributed by atoms with Crippen LogP contribution >= 0.6 is 0 Å². The first-order valence-electron chi connectivity index (χ1n) is 12.6. The van der Waals surface area contributed by atoms with Crippen LogP contribution in [0.3, 0.4) is 0 Å². The number of aromatic nitrogens is 3. The lowest BCUT2D eigenvalue weighted by molar-refractivity contribution is 0.0745. The van der Waals surface area contributed by atoms with Crippen molar-refractivity contribution in [2.45, 2.75) is 5.75 Å². The number of benzene rings is 2. The molecule has 0 radical (unpaired) electrons. The summed E-state index contributed by atoms with van der Waals surface area (Å²) in [6, 6.07) is 17.0. The zero-order chi connectivity index (χ0) is 29.0. The maximum atomic E-state index is 14.8. The van der Waals surface area contributed by atoms with E-state index >= 15 is 0 Å². The van der Waals surface area contributed by atoms with E-state index in [1.165, 1.54) is 42.7 Å². The van der Waals surface area contributed by atoms with Crippen molar-refractivity contribution in [3.63, 3.8) is 0 Å². The molecule has 210 valence electrons. The smallest absolute Gasteiger partial charge is 0.285 e. The van der Waals surface area contributed by atoms with Gasteiger partial charge in [-0.3, -0.25) is 14.6 Å². The second-order valence-electron chi connectivity index (χ2n) is 9.36. The van der Waals surface area contributed by atoms with Crippen molar-refractivity contribution in [1.82, 2.24) is 24.8 Å². The van der Waals surface area contributed by atoms with E-state index in [2.05, 4.69) is 15.2 Å². The number of rotatable bonds is 7. The van der Waals surface area contributed by atoms with Crippen molar-refractivity contribution >= 4 is 27.7 Å². The molecule has 0 saturated carbocycles. The quantitative estimate of drug-likeness (QED) is 0.339. The van der Waals surface area contributed by atoms with Gasteiger partial charge in [-0.05, 0) is 35.9 Å². The summed E-state index contributed by atoms with van der Waals surface area (Å²) in [7, 11) is -3.92. The zero-order valence-corrected chi connectivity index (χ0v) is 22.5. The van der Waals surface area contributed by atoms with Crippen LogP contribution in [0.2, 0.25) is 0 Å². The first kappa shape index (κ1) is 27.6. The molecule has 4 aromatic rings. The maximum Gasteiger partial charge on any atom is 0.285 e. The molecule has 0 aliphatic carbocycles. The van der Waals surface area contributed by atoms with Gasteiger partial charge in [0, 0.05) is 49.1 Å². The molecule has 2 amide bonds. The van der Waals surface area contributed by atoms with Gasteiger partial charge in [-0.15, -0.1) is 10.2 Å². The van der Waals surface area contributed by atoms with Gasteiger partial charge in [0.1, 0.15) is 11.6 Å². The molecule has 1 aliphatic heterocycles. The predicted molar refractivity (Wildman–Crippen MR) is 148 cm³/mol. The fourth-order valence-corrected chi connectivity index (χ4v) is 5.51. The van der Waals surface area contributed by atoms with Gasteiger partial charge in [0.2, 0.25) is 10.0 Å². The number of pyridine rings is 1. The molecule has 3 heterocycles. The highest BCUT2D eigenvalue weighted by molar-refractivity contribution is 7.89. The standard InChI is InChI=1S/C28H25FN6O5S/c29-24-15-20(6-7-23(24)21-14-22(36)17-30-16-21)28(38)35-12-10-34(11-13-35)26-9-8-25(31-32-26)27(37)33-41(39,40)18-19-4-2-1-3-5-19/h1-9,14-17,36H,10-13,18H2,(H,33,37). The van der Waals surface area contributed by atoms with Crippen LogP contribution in [0.5, 0.6) is 5.75 Å². The number of hydrogen-bond acceptors (Lipinski definition) is 9. The summed E-state index contributed by atoms with van der Waals surface area (Å²) in [6.45, 7) is 1.54. The van der Waals surface area contributed by atoms with Gasteiger partial charge in [0.25, 0.3) is 11.8 Å². The summed E-state index contributed by atoms with van der Waals surface area (Å²) in [6.07, 6.45) is 2.67. The third-order valence-corrected chi connectivity index (χ3v) is 7.68. The summed E-state index contributed by atoms with van der Waals surface area (Å²) in [5.41, 5.74) is 1.21. The predicted octanol–water partition coefficient (Wildman–Crippen LogP) is 2.61. The van der Waals surface area contributed by atoms with Gasteiger partial charge >= 0.3 is 0 Å². The lowest BCUT2D eigenvalue weighted by Crippen LogP contribution is -2.49. The van der Waals surface area contributed by atoms with Crippen LogP contribution < -0.4 is 9.62 Å². The fraction of sp³-hybridized carbons (Fsp3) is 0.179. The Morgan fingerprint density at radius 3 is 2.34 bits per heavy atom. The van der Waals surface area contributed by atoms with Gasteiger partial charge < -0.3 is 14.9 Å². The molecule has 1 fully saturated rings. The Hall–Kier alpha value is -4.91. The lowest BCUT2D eigenvalue weighted by atomic mass is 10.0. The van der Waals surface area contributed by atoms with Crippen LogP contribution in [0.15, 0.2) is 79.1 Å². The van der Waals surface area contributed by atoms with E-state index in [0.29, 0.717) is 43.1 Å². The molecule has 41 heavy (non-hydrogen) atoms. The highest BCUT2D eigenvalue weighted by Gasteiger charge is 2.25. The molecular formula is C28H25FN6O5S. The summed E-state index contributed by atoms with van der Waals surface area (Å²) >= 11 is 0. The number of aromatic hydroxyl groups is 1. The van der Waals surface area contributed by atoms with Crippen molar-refractivity contribution in [3.05, 3.63) is 102 Å². The Morgan fingerprint density at radius 2 is 1.68 bits per heavy atom. The van der Waals surface area contributed by atoms with E-state index in [1.54, 1.807) is 41.3 Å². The molecule has 0 bridgehead atoms. The van der Waals surface area contributed by atoms with Crippen molar-refractivity contribution in [1.29, 1.82) is 0 Å². The third kappa shape index (κ3) is 6.64. The van der Waals surface area contributed by atoms with Crippen molar-refractivity contribution in [2.24, 2.45) is 0 Å². The molecule has 13 heteroatoms. The minimum absolute atomic E-state index is 0.0886. The minimum atomic E-state index is -3.92. The van der Waals surface area contributed by atoms with Gasteiger partial charge in [-0.1, -0.05) is 36.4 Å². The van der Waals surface area contributed by atoms with Crippen LogP contribution in [0.1, 0.15) is 26.4 Å². The number of hydrogen-bond donors (Lipinski definition) is 2. The molecule has 2 N–H and O–H groups in total. The Kier molecular flexibility index (Phi) is 7.88. The minimum Gasteiger partial charge on any atom is -0.506 e. The molecule has 1 aliphatic rings. The van der Waals surface area contributed by atoms with Gasteiger partial charge in [-0.25, -0.2) is 17.5 Å². The first-order valence-corrected chi connectivity index (χ1v) is 14.2. The second kappa shape index (κ2) is 11.7. The van der Waals surface area contributed by atoms with Crippen LogP contribution in [0.25, 0.3) is 11.1 Å². The van der Waals surface area contributed by atoms with E-state index in [4.69, 9.17) is 0 Å². The Labute approximate surface area is 235 Å². The SMILES string of the molecule is O=C(NS(=O)(=O)Cc1ccccc1)c1ccc(N2CCN(C(=O)c3ccc(-c4cncc(O)c4)c(F)c3)CC2)nn1. The van der Waals surface area contributed by atoms with E-state index < -0.39 is 21.7 Å². The third-order valence-electron chi connectivity index (χ3n) is 6.47. The highest BCUT2D eigenvalue weighted by atomic mass is 32.2. The molecule has 0 atom stereocenters. The summed E-state index contributed by atoms with van der Waals surface area (Å²) in [5.74, 6) is -1.77. The Bertz CT molecular complexity index is 1680. The van der Waals surface area contributed by atoms with Crippen LogP contribution in [-0.4, -0.2) is 71.6 Å². The molecule has 5 rings (SSSR count). The number of carbonyl (C=O) groups is 2. The number of carbonyl (C=O) groups excluding carboxylic acids is 2. The van der Waals surface area contributed by atoms with Crippen LogP contribution in [0, 0.1) is 5.82 Å². The molecule has 0 unspecified atom stereocenters. The highest BCUT2D eigenvalue weighted by Crippen LogP contribution is 2.26. The van der Waals surface area contributed by atoms with Crippen LogP contribution in [-0.2, 0) is 15.8 Å². The molecule has 2 aromatic heterocycles. The molecular weight excluding hydrogens is 551 g/mol. The van der Waals surface area contributed by atoms with E-state index in [-0.39, 0.29) is 34.2 Å². The fourth-order valence-electron chi connectivity index (χ4n) is 4.42. The van der Waals surface area contributed by atoms with Crippen LogP contribution in [0.4, 0.5) is 10.2 Å². The lowest BCUT2D eigenvalue weighted by Gasteiger charge is -2.35. The maximum absolute atomic E-state index is 14.8. The molecule has 1 saturated heterocycles. The summed E-state index contributed by atoms with van der Waals surface area (Å²) < 4.78 is 41.5. The van der Waals surface area contributed by atoms with Gasteiger partial charge in [-0.2, -0.15) is 0 Å². The number of amides is 2. The first-order chi connectivity index (χ1) is 19.7. The molecule has 11 nitrogen and oxygen atoms in total. The summed E-state index contributed by atoms with van der Waals surface area (Å²) in [5, 5.41) is 17.6. The van der Waals surface area contributed by atoms with Gasteiger partial charge in [0.05, 0.1) is 11.9 Å². The van der Waals surface area contributed by atoms with Gasteiger partial charge in [0.15, 0.2) is 11.5 Å². The summed E-state index contributed by atoms with van der Waals surface area (Å²) in [4.78, 5) is 32.8. The number of halogens is 1. The number of piperazine rings is 1. The Morgan fingerprint density at radius 1 is 0.927 bits per heavy atom.